The van der Waals surface area contributed by atoms with Crippen LogP contribution in [0.3, 0.4) is 0 Å². The van der Waals surface area contributed by atoms with E-state index in [1.165, 1.54) is 5.56 Å². The smallest absolute Gasteiger partial charge is 0.220 e. The van der Waals surface area contributed by atoms with E-state index in [4.69, 9.17) is 5.11 Å². The Morgan fingerprint density at radius 2 is 2.06 bits per heavy atom. The van der Waals surface area contributed by atoms with Gasteiger partial charge in [-0.25, -0.2) is 0 Å². The summed E-state index contributed by atoms with van der Waals surface area (Å²) in [5.74, 6) is 0.0828. The third-order valence-electron chi connectivity index (χ3n) is 2.60. The summed E-state index contributed by atoms with van der Waals surface area (Å²) in [5, 5.41) is 11.9. The molecule has 0 fully saturated rings. The summed E-state index contributed by atoms with van der Waals surface area (Å²) in [6.45, 7) is 2.41. The minimum atomic E-state index is -0.281. The van der Waals surface area contributed by atoms with Crippen molar-refractivity contribution in [1.82, 2.24) is 5.32 Å². The summed E-state index contributed by atoms with van der Waals surface area (Å²) >= 11 is 0. The molecule has 2 N–H and O–H groups in total. The molecule has 1 aromatic rings. The summed E-state index contributed by atoms with van der Waals surface area (Å²) in [4.78, 5) is 11.5. The molecule has 0 aliphatic rings. The number of amides is 1. The average Bonchev–Trinajstić information content (AvgIpc) is 2.33. The number of rotatable bonds is 7. The Labute approximate surface area is 103 Å². The molecule has 1 amide bonds. The maximum absolute atomic E-state index is 11.5. The van der Waals surface area contributed by atoms with Crippen molar-refractivity contribution in [2.45, 2.75) is 38.7 Å². The zero-order valence-corrected chi connectivity index (χ0v) is 10.4. The van der Waals surface area contributed by atoms with Gasteiger partial charge in [0.1, 0.15) is 0 Å². The Morgan fingerprint density at radius 1 is 1.35 bits per heavy atom. The van der Waals surface area contributed by atoms with Gasteiger partial charge in [-0.1, -0.05) is 30.3 Å². The van der Waals surface area contributed by atoms with Crippen LogP contribution in [0.4, 0.5) is 0 Å². The Morgan fingerprint density at radius 3 is 2.71 bits per heavy atom. The molecule has 0 aliphatic carbocycles. The average molecular weight is 235 g/mol. The molecular formula is C14H21NO2. The highest BCUT2D eigenvalue weighted by Crippen LogP contribution is 2.02. The molecular weight excluding hydrogens is 214 g/mol. The number of benzene rings is 1. The molecule has 3 nitrogen and oxygen atoms in total. The van der Waals surface area contributed by atoms with Crippen LogP contribution >= 0.6 is 0 Å². The monoisotopic (exact) mass is 235 g/mol. The molecule has 1 atom stereocenters. The number of aliphatic hydroxyl groups is 1. The molecule has 0 radical (unpaired) electrons. The summed E-state index contributed by atoms with van der Waals surface area (Å²) in [7, 11) is 0. The molecule has 0 saturated carbocycles. The lowest BCUT2D eigenvalue weighted by atomic mass is 10.1. The van der Waals surface area contributed by atoms with Gasteiger partial charge < -0.3 is 10.4 Å². The van der Waals surface area contributed by atoms with Crippen molar-refractivity contribution in [2.24, 2.45) is 0 Å². The first-order valence-corrected chi connectivity index (χ1v) is 6.17. The van der Waals surface area contributed by atoms with E-state index in [1.54, 1.807) is 6.92 Å². The first-order valence-electron chi connectivity index (χ1n) is 6.17. The molecule has 1 unspecified atom stereocenters. The van der Waals surface area contributed by atoms with Crippen LogP contribution in [0.15, 0.2) is 30.3 Å². The van der Waals surface area contributed by atoms with E-state index >= 15 is 0 Å². The van der Waals surface area contributed by atoms with Crippen molar-refractivity contribution in [3.8, 4) is 0 Å². The van der Waals surface area contributed by atoms with E-state index in [9.17, 15) is 4.79 Å². The number of hydrogen-bond donors (Lipinski definition) is 2. The van der Waals surface area contributed by atoms with Gasteiger partial charge in [0.2, 0.25) is 5.91 Å². The standard InChI is InChI=1S/C14H21NO2/c1-12(16)6-5-11-15-14(17)10-9-13-7-3-2-4-8-13/h2-4,7-8,12,16H,5-6,9-11H2,1H3,(H,15,17). The van der Waals surface area contributed by atoms with Gasteiger partial charge in [-0.3, -0.25) is 4.79 Å². The van der Waals surface area contributed by atoms with Gasteiger partial charge in [-0.2, -0.15) is 0 Å². The summed E-state index contributed by atoms with van der Waals surface area (Å²) in [6.07, 6.45) is 2.59. The molecule has 0 aliphatic heterocycles. The predicted molar refractivity (Wildman–Crippen MR) is 68.7 cm³/mol. The van der Waals surface area contributed by atoms with Crippen LogP contribution in [-0.4, -0.2) is 23.7 Å². The van der Waals surface area contributed by atoms with Gasteiger partial charge in [0, 0.05) is 13.0 Å². The third kappa shape index (κ3) is 6.74. The van der Waals surface area contributed by atoms with Crippen LogP contribution in [-0.2, 0) is 11.2 Å². The van der Waals surface area contributed by atoms with E-state index in [0.717, 1.165) is 19.3 Å². The number of hydrogen-bond acceptors (Lipinski definition) is 2. The van der Waals surface area contributed by atoms with Gasteiger partial charge >= 0.3 is 0 Å². The first-order chi connectivity index (χ1) is 8.18. The van der Waals surface area contributed by atoms with E-state index in [2.05, 4.69) is 5.32 Å². The molecule has 1 rings (SSSR count). The van der Waals surface area contributed by atoms with E-state index in [1.807, 2.05) is 30.3 Å². The third-order valence-corrected chi connectivity index (χ3v) is 2.60. The second-order valence-electron chi connectivity index (χ2n) is 4.33. The van der Waals surface area contributed by atoms with Gasteiger partial charge in [0.25, 0.3) is 0 Å². The van der Waals surface area contributed by atoms with Crippen LogP contribution in [0.2, 0.25) is 0 Å². The molecule has 1 aromatic carbocycles. The fourth-order valence-electron chi connectivity index (χ4n) is 1.62. The fourth-order valence-corrected chi connectivity index (χ4v) is 1.62. The van der Waals surface area contributed by atoms with Crippen molar-refractivity contribution in [3.63, 3.8) is 0 Å². The lowest BCUT2D eigenvalue weighted by Crippen LogP contribution is -2.25. The zero-order chi connectivity index (χ0) is 12.5. The minimum absolute atomic E-state index is 0.0828. The molecule has 0 bridgehead atoms. The normalized spacial score (nSPS) is 12.1. The molecule has 17 heavy (non-hydrogen) atoms. The van der Waals surface area contributed by atoms with Crippen molar-refractivity contribution in [1.29, 1.82) is 0 Å². The van der Waals surface area contributed by atoms with Gasteiger partial charge in [-0.15, -0.1) is 0 Å². The molecule has 0 heterocycles. The van der Waals surface area contributed by atoms with Gasteiger partial charge in [0.15, 0.2) is 0 Å². The molecule has 0 saturated heterocycles. The largest absolute Gasteiger partial charge is 0.393 e. The quantitative estimate of drug-likeness (QED) is 0.709. The van der Waals surface area contributed by atoms with Crippen molar-refractivity contribution in [2.75, 3.05) is 6.54 Å². The minimum Gasteiger partial charge on any atom is -0.393 e. The van der Waals surface area contributed by atoms with E-state index in [0.29, 0.717) is 13.0 Å². The number of nitrogens with one attached hydrogen (secondary N) is 1. The Kier molecular flexibility index (Phi) is 6.33. The van der Waals surface area contributed by atoms with Crippen LogP contribution in [0, 0.1) is 0 Å². The van der Waals surface area contributed by atoms with Gasteiger partial charge in [-0.05, 0) is 31.7 Å². The van der Waals surface area contributed by atoms with Crippen LogP contribution < -0.4 is 5.32 Å². The van der Waals surface area contributed by atoms with E-state index < -0.39 is 0 Å². The van der Waals surface area contributed by atoms with Crippen molar-refractivity contribution < 1.29 is 9.90 Å². The number of carbonyl (C=O) groups is 1. The van der Waals surface area contributed by atoms with Gasteiger partial charge in [0.05, 0.1) is 6.10 Å². The lowest BCUT2D eigenvalue weighted by Gasteiger charge is -2.06. The summed E-state index contributed by atoms with van der Waals surface area (Å²) in [5.41, 5.74) is 1.19. The number of aliphatic hydroxyl groups excluding tert-OH is 1. The molecule has 94 valence electrons. The predicted octanol–water partition coefficient (Wildman–Crippen LogP) is 1.90. The molecule has 3 heteroatoms. The van der Waals surface area contributed by atoms with Crippen LogP contribution in [0.1, 0.15) is 31.7 Å². The highest BCUT2D eigenvalue weighted by molar-refractivity contribution is 5.76. The topological polar surface area (TPSA) is 49.3 Å². The second-order valence-corrected chi connectivity index (χ2v) is 4.33. The Bertz CT molecular complexity index is 322. The van der Waals surface area contributed by atoms with E-state index in [-0.39, 0.29) is 12.0 Å². The van der Waals surface area contributed by atoms with Crippen LogP contribution in [0.25, 0.3) is 0 Å². The number of carbonyl (C=O) groups excluding carboxylic acids is 1. The maximum atomic E-state index is 11.5. The Balaban J connectivity index is 2.09. The van der Waals surface area contributed by atoms with Crippen molar-refractivity contribution >= 4 is 5.91 Å². The second kappa shape index (κ2) is 7.85. The first kappa shape index (κ1) is 13.7. The molecule has 0 spiro atoms. The zero-order valence-electron chi connectivity index (χ0n) is 10.4. The summed E-state index contributed by atoms with van der Waals surface area (Å²) in [6, 6.07) is 9.99. The van der Waals surface area contributed by atoms with Crippen LogP contribution in [0.5, 0.6) is 0 Å². The Hall–Kier alpha value is -1.35. The molecule has 0 aromatic heterocycles. The highest BCUT2D eigenvalue weighted by Gasteiger charge is 2.02. The maximum Gasteiger partial charge on any atom is 0.220 e. The number of aryl methyl sites for hydroxylation is 1. The fraction of sp³-hybridized carbons (Fsp3) is 0.500. The van der Waals surface area contributed by atoms with Crippen molar-refractivity contribution in [3.05, 3.63) is 35.9 Å². The summed E-state index contributed by atoms with van der Waals surface area (Å²) < 4.78 is 0. The lowest BCUT2D eigenvalue weighted by molar-refractivity contribution is -0.121. The SMILES string of the molecule is CC(O)CCCNC(=O)CCc1ccccc1. The highest BCUT2D eigenvalue weighted by atomic mass is 16.3.